The topological polar surface area (TPSA) is 53.0 Å². The van der Waals surface area contributed by atoms with Gasteiger partial charge in [-0.3, -0.25) is 14.6 Å². The van der Waals surface area contributed by atoms with E-state index in [9.17, 15) is 9.90 Å². The fraction of sp³-hybridized carbons (Fsp3) is 0.933. The van der Waals surface area contributed by atoms with Crippen molar-refractivity contribution in [1.29, 1.82) is 0 Å². The third-order valence-electron chi connectivity index (χ3n) is 4.73. The summed E-state index contributed by atoms with van der Waals surface area (Å²) in [5.74, 6) is -0.644. The van der Waals surface area contributed by atoms with E-state index in [-0.39, 0.29) is 6.04 Å². The van der Waals surface area contributed by atoms with Crippen molar-refractivity contribution in [3.05, 3.63) is 0 Å². The molecule has 2 rings (SSSR count). The number of likely N-dealkylation sites (tertiary alicyclic amines) is 2. The van der Waals surface area contributed by atoms with Gasteiger partial charge in [0.25, 0.3) is 0 Å². The van der Waals surface area contributed by atoms with Crippen LogP contribution in [0.25, 0.3) is 0 Å². The van der Waals surface area contributed by atoms with Crippen LogP contribution >= 0.6 is 0 Å². The third kappa shape index (κ3) is 3.71. The van der Waals surface area contributed by atoms with E-state index in [0.717, 1.165) is 58.5 Å². The number of hydrogen-bond donors (Lipinski definition) is 1. The van der Waals surface area contributed by atoms with Crippen molar-refractivity contribution < 1.29 is 14.6 Å². The van der Waals surface area contributed by atoms with Crippen LogP contribution in [-0.4, -0.2) is 71.8 Å². The zero-order valence-electron chi connectivity index (χ0n) is 12.8. The highest BCUT2D eigenvalue weighted by Gasteiger charge is 2.37. The monoisotopic (exact) mass is 284 g/mol. The molecule has 5 nitrogen and oxygen atoms in total. The lowest BCUT2D eigenvalue weighted by Crippen LogP contribution is -2.51. The maximum Gasteiger partial charge on any atom is 0.320 e. The molecule has 0 saturated carbocycles. The third-order valence-corrected chi connectivity index (χ3v) is 4.73. The Morgan fingerprint density at radius 2 is 2.00 bits per heavy atom. The first kappa shape index (κ1) is 15.7. The van der Waals surface area contributed by atoms with Crippen LogP contribution in [0.4, 0.5) is 0 Å². The second-order valence-electron chi connectivity index (χ2n) is 6.01. The number of aliphatic carboxylic acids is 1. The van der Waals surface area contributed by atoms with Crippen molar-refractivity contribution in [3.8, 4) is 0 Å². The van der Waals surface area contributed by atoms with Crippen LogP contribution in [0, 0.1) is 0 Å². The molecule has 0 aromatic heterocycles. The Labute approximate surface area is 121 Å². The predicted molar refractivity (Wildman–Crippen MR) is 77.9 cm³/mol. The molecule has 0 radical (unpaired) electrons. The summed E-state index contributed by atoms with van der Waals surface area (Å²) in [6.07, 6.45) is 4.01. The van der Waals surface area contributed by atoms with Crippen molar-refractivity contribution in [2.24, 2.45) is 0 Å². The lowest BCUT2D eigenvalue weighted by molar-refractivity contribution is -0.143. The normalized spacial score (nSPS) is 27.8. The molecule has 2 saturated heterocycles. The molecule has 2 aliphatic heterocycles. The molecule has 0 spiro atoms. The van der Waals surface area contributed by atoms with Gasteiger partial charge in [-0.1, -0.05) is 0 Å². The zero-order valence-corrected chi connectivity index (χ0v) is 12.8. The molecule has 2 unspecified atom stereocenters. The Morgan fingerprint density at radius 3 is 2.60 bits per heavy atom. The standard InChI is InChI=1S/C15H28N2O3/c1-3-20-11-12(2)16-9-6-13(7-10-16)17-8-4-5-14(17)15(18)19/h12-14H,3-11H2,1-2H3,(H,18,19). The van der Waals surface area contributed by atoms with E-state index in [1.165, 1.54) is 0 Å². The van der Waals surface area contributed by atoms with Gasteiger partial charge >= 0.3 is 5.97 Å². The second-order valence-corrected chi connectivity index (χ2v) is 6.01. The summed E-state index contributed by atoms with van der Waals surface area (Å²) in [5.41, 5.74) is 0. The molecule has 0 aromatic rings. The van der Waals surface area contributed by atoms with Crippen molar-refractivity contribution in [3.63, 3.8) is 0 Å². The van der Waals surface area contributed by atoms with Gasteiger partial charge in [-0.25, -0.2) is 0 Å². The summed E-state index contributed by atoms with van der Waals surface area (Å²) < 4.78 is 5.49. The molecule has 0 aliphatic carbocycles. The number of ether oxygens (including phenoxy) is 1. The van der Waals surface area contributed by atoms with Crippen LogP contribution in [0.1, 0.15) is 39.5 Å². The minimum atomic E-state index is -0.644. The number of carboxylic acid groups (broad SMARTS) is 1. The molecule has 2 aliphatic rings. The summed E-state index contributed by atoms with van der Waals surface area (Å²) in [6.45, 7) is 8.88. The van der Waals surface area contributed by atoms with Gasteiger partial charge in [0.2, 0.25) is 0 Å². The predicted octanol–water partition coefficient (Wildman–Crippen LogP) is 1.42. The number of piperidine rings is 1. The van der Waals surface area contributed by atoms with Crippen LogP contribution < -0.4 is 0 Å². The second kappa shape index (κ2) is 7.38. The highest BCUT2D eigenvalue weighted by molar-refractivity contribution is 5.73. The molecule has 2 fully saturated rings. The van der Waals surface area contributed by atoms with E-state index < -0.39 is 5.97 Å². The van der Waals surface area contributed by atoms with Crippen LogP contribution in [0.5, 0.6) is 0 Å². The Bertz CT molecular complexity index is 316. The minimum Gasteiger partial charge on any atom is -0.480 e. The van der Waals surface area contributed by atoms with Crippen LogP contribution in [-0.2, 0) is 9.53 Å². The maximum absolute atomic E-state index is 11.3. The molecule has 20 heavy (non-hydrogen) atoms. The summed E-state index contributed by atoms with van der Waals surface area (Å²) in [6, 6.07) is 0.672. The van der Waals surface area contributed by atoms with Crippen LogP contribution in [0.2, 0.25) is 0 Å². The molecule has 1 N–H and O–H groups in total. The lowest BCUT2D eigenvalue weighted by Gasteiger charge is -2.40. The SMILES string of the molecule is CCOCC(C)N1CCC(N2CCCC2C(=O)O)CC1. The van der Waals surface area contributed by atoms with Gasteiger partial charge < -0.3 is 9.84 Å². The molecule has 0 amide bonds. The van der Waals surface area contributed by atoms with Crippen LogP contribution in [0.3, 0.4) is 0 Å². The average Bonchev–Trinajstić information content (AvgIpc) is 2.94. The van der Waals surface area contributed by atoms with Crippen molar-refractivity contribution in [2.75, 3.05) is 32.8 Å². The minimum absolute atomic E-state index is 0.243. The number of carbonyl (C=O) groups is 1. The van der Waals surface area contributed by atoms with Crippen molar-refractivity contribution in [2.45, 2.75) is 57.7 Å². The van der Waals surface area contributed by atoms with Gasteiger partial charge in [-0.2, -0.15) is 0 Å². The number of rotatable bonds is 6. The molecule has 0 bridgehead atoms. The number of carboxylic acids is 1. The molecule has 5 heteroatoms. The molecule has 2 atom stereocenters. The van der Waals surface area contributed by atoms with E-state index >= 15 is 0 Å². The molecular formula is C15H28N2O3. The molecule has 116 valence electrons. The van der Waals surface area contributed by atoms with E-state index in [1.54, 1.807) is 0 Å². The number of hydrogen-bond acceptors (Lipinski definition) is 4. The summed E-state index contributed by atoms with van der Waals surface area (Å²) >= 11 is 0. The first-order valence-corrected chi connectivity index (χ1v) is 7.93. The average molecular weight is 284 g/mol. The fourth-order valence-electron chi connectivity index (χ4n) is 3.54. The van der Waals surface area contributed by atoms with Crippen molar-refractivity contribution >= 4 is 5.97 Å². The van der Waals surface area contributed by atoms with Crippen molar-refractivity contribution in [1.82, 2.24) is 9.80 Å². The summed E-state index contributed by atoms with van der Waals surface area (Å²) in [5, 5.41) is 9.28. The van der Waals surface area contributed by atoms with Gasteiger partial charge in [-0.15, -0.1) is 0 Å². The molecule has 2 heterocycles. The summed E-state index contributed by atoms with van der Waals surface area (Å²) in [7, 11) is 0. The maximum atomic E-state index is 11.3. The molecular weight excluding hydrogens is 256 g/mol. The lowest BCUT2D eigenvalue weighted by atomic mass is 10.0. The van der Waals surface area contributed by atoms with E-state index in [1.807, 2.05) is 6.92 Å². The Balaban J connectivity index is 1.80. The van der Waals surface area contributed by atoms with Gasteiger partial charge in [0.15, 0.2) is 0 Å². The van der Waals surface area contributed by atoms with E-state index in [0.29, 0.717) is 12.1 Å². The number of nitrogens with zero attached hydrogens (tertiary/aromatic N) is 2. The van der Waals surface area contributed by atoms with E-state index in [2.05, 4.69) is 16.7 Å². The molecule has 0 aromatic carbocycles. The first-order chi connectivity index (χ1) is 9.63. The highest BCUT2D eigenvalue weighted by atomic mass is 16.5. The smallest absolute Gasteiger partial charge is 0.320 e. The first-order valence-electron chi connectivity index (χ1n) is 7.93. The summed E-state index contributed by atoms with van der Waals surface area (Å²) in [4.78, 5) is 16.0. The quantitative estimate of drug-likeness (QED) is 0.799. The van der Waals surface area contributed by atoms with Gasteiger partial charge in [0, 0.05) is 18.7 Å². The van der Waals surface area contributed by atoms with Crippen LogP contribution in [0.15, 0.2) is 0 Å². The Kier molecular flexibility index (Phi) is 5.81. The Morgan fingerprint density at radius 1 is 1.30 bits per heavy atom. The fourth-order valence-corrected chi connectivity index (χ4v) is 3.54. The van der Waals surface area contributed by atoms with Gasteiger partial charge in [-0.05, 0) is 59.2 Å². The van der Waals surface area contributed by atoms with Gasteiger partial charge in [0.05, 0.1) is 6.61 Å². The Hall–Kier alpha value is -0.650. The largest absolute Gasteiger partial charge is 0.480 e. The zero-order chi connectivity index (χ0) is 14.5. The highest BCUT2D eigenvalue weighted by Crippen LogP contribution is 2.26. The van der Waals surface area contributed by atoms with E-state index in [4.69, 9.17) is 4.74 Å². The van der Waals surface area contributed by atoms with Gasteiger partial charge in [0.1, 0.15) is 6.04 Å².